The first-order valence-corrected chi connectivity index (χ1v) is 9.57. The van der Waals surface area contributed by atoms with Crippen molar-refractivity contribution in [1.29, 1.82) is 0 Å². The second kappa shape index (κ2) is 9.11. The van der Waals surface area contributed by atoms with E-state index in [2.05, 4.69) is 4.98 Å². The van der Waals surface area contributed by atoms with Crippen molar-refractivity contribution in [2.75, 3.05) is 19.7 Å². The molecule has 0 radical (unpaired) electrons. The highest BCUT2D eigenvalue weighted by molar-refractivity contribution is 6.21. The molecule has 1 aliphatic heterocycles. The number of nitrogens with one attached hydrogen (secondary N) is 1. The Hall–Kier alpha value is -2.83. The van der Waals surface area contributed by atoms with Crippen LogP contribution in [0.25, 0.3) is 10.9 Å². The fourth-order valence-corrected chi connectivity index (χ4v) is 3.61. The molecule has 0 fully saturated rings. The minimum Gasteiger partial charge on any atom is -0.494 e. The highest BCUT2D eigenvalue weighted by atomic mass is 35.5. The van der Waals surface area contributed by atoms with Crippen LogP contribution in [0.15, 0.2) is 48.7 Å². The Kier molecular flexibility index (Phi) is 6.56. The average Bonchev–Trinajstić information content (AvgIpc) is 3.22. The highest BCUT2D eigenvalue weighted by Crippen LogP contribution is 2.25. The largest absolute Gasteiger partial charge is 0.494 e. The van der Waals surface area contributed by atoms with Gasteiger partial charge in [-0.3, -0.25) is 14.5 Å². The standard InChI is InChI=1S/C22H23N3O3.ClH/c23-10-9-15-14-24-20-8-7-16(13-19(15)20)28-12-4-3-11-25-21(26)17-5-1-2-6-18(17)22(25)27;/h1-2,5-8,13-14,24H,3-4,9-12,23H2;1H. The molecule has 1 aliphatic rings. The third-order valence-corrected chi connectivity index (χ3v) is 5.08. The van der Waals surface area contributed by atoms with Crippen LogP contribution in [0.3, 0.4) is 0 Å². The Morgan fingerprint density at radius 2 is 1.72 bits per heavy atom. The van der Waals surface area contributed by atoms with E-state index in [4.69, 9.17) is 10.5 Å². The van der Waals surface area contributed by atoms with Gasteiger partial charge < -0.3 is 15.5 Å². The Bertz CT molecular complexity index is 996. The monoisotopic (exact) mass is 413 g/mol. The summed E-state index contributed by atoms with van der Waals surface area (Å²) < 4.78 is 5.86. The van der Waals surface area contributed by atoms with Crippen LogP contribution in [0.2, 0.25) is 0 Å². The molecule has 6 nitrogen and oxygen atoms in total. The van der Waals surface area contributed by atoms with Gasteiger partial charge in [-0.15, -0.1) is 12.4 Å². The van der Waals surface area contributed by atoms with Crippen LogP contribution in [0.1, 0.15) is 39.1 Å². The summed E-state index contributed by atoms with van der Waals surface area (Å²) in [4.78, 5) is 29.2. The molecule has 0 saturated heterocycles. The number of imide groups is 1. The molecule has 0 saturated carbocycles. The quantitative estimate of drug-likeness (QED) is 0.436. The van der Waals surface area contributed by atoms with Gasteiger partial charge in [0.15, 0.2) is 0 Å². The SMILES string of the molecule is Cl.NCCc1c[nH]c2ccc(OCCCCN3C(=O)c4ccccc4C3=O)cc12. The lowest BCUT2D eigenvalue weighted by Gasteiger charge is -2.13. The zero-order chi connectivity index (χ0) is 19.5. The first-order chi connectivity index (χ1) is 13.7. The number of nitrogens with zero attached hydrogens (tertiary/aromatic N) is 1. The molecular weight excluding hydrogens is 390 g/mol. The van der Waals surface area contributed by atoms with Crippen LogP contribution in [-0.4, -0.2) is 41.4 Å². The molecule has 2 aromatic carbocycles. The van der Waals surface area contributed by atoms with Crippen molar-refractivity contribution in [2.24, 2.45) is 5.73 Å². The number of rotatable bonds is 8. The van der Waals surface area contributed by atoms with Gasteiger partial charge in [-0.25, -0.2) is 0 Å². The van der Waals surface area contributed by atoms with Crippen LogP contribution >= 0.6 is 12.4 Å². The van der Waals surface area contributed by atoms with E-state index < -0.39 is 0 Å². The van der Waals surface area contributed by atoms with E-state index in [-0.39, 0.29) is 24.2 Å². The van der Waals surface area contributed by atoms with Crippen LogP contribution in [-0.2, 0) is 6.42 Å². The number of fused-ring (bicyclic) bond motifs is 2. The Morgan fingerprint density at radius 1 is 1.00 bits per heavy atom. The van der Waals surface area contributed by atoms with E-state index >= 15 is 0 Å². The Balaban J connectivity index is 0.00000240. The van der Waals surface area contributed by atoms with E-state index in [1.807, 2.05) is 24.4 Å². The molecular formula is C22H24ClN3O3. The van der Waals surface area contributed by atoms with Crippen LogP contribution in [0, 0.1) is 0 Å². The lowest BCUT2D eigenvalue weighted by Crippen LogP contribution is -2.30. The molecule has 0 bridgehead atoms. The molecule has 1 aromatic heterocycles. The molecule has 3 aromatic rings. The molecule has 0 unspecified atom stereocenters. The summed E-state index contributed by atoms with van der Waals surface area (Å²) in [5, 5.41) is 1.13. The maximum absolute atomic E-state index is 12.3. The maximum atomic E-state index is 12.3. The van der Waals surface area contributed by atoms with Gasteiger partial charge in [0.25, 0.3) is 11.8 Å². The van der Waals surface area contributed by atoms with E-state index in [1.165, 1.54) is 10.5 Å². The van der Waals surface area contributed by atoms with E-state index in [0.717, 1.165) is 29.5 Å². The minimum atomic E-state index is -0.202. The number of amides is 2. The fraction of sp³-hybridized carbons (Fsp3) is 0.273. The highest BCUT2D eigenvalue weighted by Gasteiger charge is 2.34. The number of carbonyl (C=O) groups excluding carboxylic acids is 2. The Labute approximate surface area is 175 Å². The zero-order valence-electron chi connectivity index (χ0n) is 16.0. The molecule has 152 valence electrons. The third-order valence-electron chi connectivity index (χ3n) is 5.08. The fourth-order valence-electron chi connectivity index (χ4n) is 3.61. The van der Waals surface area contributed by atoms with Crippen molar-refractivity contribution in [1.82, 2.24) is 9.88 Å². The van der Waals surface area contributed by atoms with Gasteiger partial charge in [-0.2, -0.15) is 0 Å². The summed E-state index contributed by atoms with van der Waals surface area (Å²) in [5.74, 6) is 0.407. The van der Waals surface area contributed by atoms with Gasteiger partial charge in [-0.05, 0) is 61.7 Å². The van der Waals surface area contributed by atoms with Crippen LogP contribution in [0.5, 0.6) is 5.75 Å². The second-order valence-electron chi connectivity index (χ2n) is 6.92. The summed E-state index contributed by atoms with van der Waals surface area (Å²) in [6, 6.07) is 12.9. The van der Waals surface area contributed by atoms with Crippen LogP contribution in [0.4, 0.5) is 0 Å². The number of unbranched alkanes of at least 4 members (excludes halogenated alkanes) is 1. The predicted molar refractivity (Wildman–Crippen MR) is 115 cm³/mol. The molecule has 2 heterocycles. The van der Waals surface area contributed by atoms with E-state index in [9.17, 15) is 9.59 Å². The number of aromatic amines is 1. The normalized spacial score (nSPS) is 12.9. The van der Waals surface area contributed by atoms with Gasteiger partial charge in [-0.1, -0.05) is 12.1 Å². The number of hydrogen-bond acceptors (Lipinski definition) is 4. The number of H-pyrrole nitrogens is 1. The smallest absolute Gasteiger partial charge is 0.261 e. The first-order valence-electron chi connectivity index (χ1n) is 9.57. The van der Waals surface area contributed by atoms with Gasteiger partial charge in [0.1, 0.15) is 5.75 Å². The van der Waals surface area contributed by atoms with Gasteiger partial charge >= 0.3 is 0 Å². The van der Waals surface area contributed by atoms with Crippen molar-refractivity contribution in [2.45, 2.75) is 19.3 Å². The number of carbonyl (C=O) groups is 2. The van der Waals surface area contributed by atoms with Gasteiger partial charge in [0.2, 0.25) is 0 Å². The molecule has 29 heavy (non-hydrogen) atoms. The summed E-state index contributed by atoms with van der Waals surface area (Å²) in [6.07, 6.45) is 4.28. The molecule has 0 atom stereocenters. The second-order valence-corrected chi connectivity index (χ2v) is 6.92. The minimum absolute atomic E-state index is 0. The van der Waals surface area contributed by atoms with Gasteiger partial charge in [0, 0.05) is 23.6 Å². The number of halogens is 1. The number of benzene rings is 2. The molecule has 0 aliphatic carbocycles. The average molecular weight is 414 g/mol. The third kappa shape index (κ3) is 4.13. The van der Waals surface area contributed by atoms with Gasteiger partial charge in [0.05, 0.1) is 17.7 Å². The first kappa shape index (κ1) is 20.9. The summed E-state index contributed by atoms with van der Waals surface area (Å²) >= 11 is 0. The number of nitrogens with two attached hydrogens (primary N) is 1. The van der Waals surface area contributed by atoms with Crippen molar-refractivity contribution in [3.8, 4) is 5.75 Å². The lowest BCUT2D eigenvalue weighted by molar-refractivity contribution is 0.0649. The predicted octanol–water partition coefficient (Wildman–Crippen LogP) is 3.55. The number of aromatic nitrogens is 1. The van der Waals surface area contributed by atoms with Crippen molar-refractivity contribution >= 4 is 35.1 Å². The topological polar surface area (TPSA) is 88.4 Å². The molecule has 7 heteroatoms. The Morgan fingerprint density at radius 3 is 2.41 bits per heavy atom. The summed E-state index contributed by atoms with van der Waals surface area (Å²) in [7, 11) is 0. The van der Waals surface area contributed by atoms with Crippen molar-refractivity contribution in [3.63, 3.8) is 0 Å². The van der Waals surface area contributed by atoms with Crippen LogP contribution < -0.4 is 10.5 Å². The number of ether oxygens (including phenoxy) is 1. The van der Waals surface area contributed by atoms with E-state index in [1.54, 1.807) is 24.3 Å². The molecule has 4 rings (SSSR count). The maximum Gasteiger partial charge on any atom is 0.261 e. The molecule has 3 N–H and O–H groups in total. The van der Waals surface area contributed by atoms with Crippen molar-refractivity contribution < 1.29 is 14.3 Å². The number of hydrogen-bond donors (Lipinski definition) is 2. The lowest BCUT2D eigenvalue weighted by atomic mass is 10.1. The summed E-state index contributed by atoms with van der Waals surface area (Å²) in [6.45, 7) is 1.55. The van der Waals surface area contributed by atoms with Crippen molar-refractivity contribution in [3.05, 3.63) is 65.4 Å². The molecule has 2 amide bonds. The molecule has 0 spiro atoms. The zero-order valence-corrected chi connectivity index (χ0v) is 16.8. The van der Waals surface area contributed by atoms with E-state index in [0.29, 0.717) is 37.2 Å². The summed E-state index contributed by atoms with van der Waals surface area (Å²) in [5.41, 5.74) is 8.92.